The van der Waals surface area contributed by atoms with Crippen molar-refractivity contribution in [2.75, 3.05) is 19.8 Å². The molecule has 3 rings (SSSR count). The first kappa shape index (κ1) is 13.9. The molecule has 2 heterocycles. The number of halogens is 1. The van der Waals surface area contributed by atoms with Crippen LogP contribution >= 0.6 is 27.3 Å². The van der Waals surface area contributed by atoms with Crippen LogP contribution in [0.15, 0.2) is 28.2 Å². The van der Waals surface area contributed by atoms with Crippen LogP contribution in [0.2, 0.25) is 0 Å². The summed E-state index contributed by atoms with van der Waals surface area (Å²) in [4.78, 5) is 4.27. The van der Waals surface area contributed by atoms with E-state index in [2.05, 4.69) is 32.3 Å². The Hall–Kier alpha value is -1.11. The summed E-state index contributed by atoms with van der Waals surface area (Å²) in [6.07, 6.45) is 2.81. The van der Waals surface area contributed by atoms with Crippen molar-refractivity contribution < 1.29 is 9.47 Å². The van der Waals surface area contributed by atoms with Gasteiger partial charge in [-0.2, -0.15) is 0 Å². The van der Waals surface area contributed by atoms with Crippen molar-refractivity contribution in [1.82, 2.24) is 10.3 Å². The quantitative estimate of drug-likeness (QED) is 0.838. The highest BCUT2D eigenvalue weighted by atomic mass is 79.9. The minimum atomic E-state index is 0.608. The summed E-state index contributed by atoms with van der Waals surface area (Å²) >= 11 is 5.23. The molecule has 0 bridgehead atoms. The summed E-state index contributed by atoms with van der Waals surface area (Å²) in [7, 11) is 0. The summed E-state index contributed by atoms with van der Waals surface area (Å²) in [5.41, 5.74) is 1.18. The highest BCUT2D eigenvalue weighted by molar-refractivity contribution is 9.10. The van der Waals surface area contributed by atoms with Gasteiger partial charge in [0, 0.05) is 31.1 Å². The number of hydrogen-bond donors (Lipinski definition) is 1. The topological polar surface area (TPSA) is 43.4 Å². The number of nitrogens with zero attached hydrogens (tertiary/aromatic N) is 1. The molecule has 4 nitrogen and oxygen atoms in total. The molecule has 0 saturated carbocycles. The van der Waals surface area contributed by atoms with E-state index < -0.39 is 0 Å². The third-order valence-corrected chi connectivity index (χ3v) is 4.41. The lowest BCUT2D eigenvalue weighted by Crippen LogP contribution is -2.18. The van der Waals surface area contributed by atoms with Crippen LogP contribution in [0.3, 0.4) is 0 Å². The van der Waals surface area contributed by atoms with Crippen LogP contribution in [0.4, 0.5) is 0 Å². The van der Waals surface area contributed by atoms with Gasteiger partial charge in [-0.25, -0.2) is 4.98 Å². The number of aromatic nitrogens is 1. The van der Waals surface area contributed by atoms with E-state index in [9.17, 15) is 0 Å². The van der Waals surface area contributed by atoms with Crippen LogP contribution < -0.4 is 14.8 Å². The monoisotopic (exact) mass is 354 g/mol. The van der Waals surface area contributed by atoms with Gasteiger partial charge in [0.15, 0.2) is 11.5 Å². The number of fused-ring (bicyclic) bond motifs is 1. The number of thiazole rings is 1. The Bertz CT molecular complexity index is 575. The maximum absolute atomic E-state index is 5.62. The van der Waals surface area contributed by atoms with Crippen LogP contribution in [-0.2, 0) is 13.0 Å². The molecule has 0 radical (unpaired) electrons. The molecule has 0 spiro atoms. The molecule has 106 valence electrons. The van der Waals surface area contributed by atoms with Crippen molar-refractivity contribution in [3.05, 3.63) is 38.8 Å². The van der Waals surface area contributed by atoms with Gasteiger partial charge in [-0.3, -0.25) is 0 Å². The lowest BCUT2D eigenvalue weighted by atomic mass is 10.2. The molecule has 0 unspecified atom stereocenters. The van der Waals surface area contributed by atoms with E-state index in [1.54, 1.807) is 11.3 Å². The van der Waals surface area contributed by atoms with Gasteiger partial charge in [-0.1, -0.05) is 0 Å². The molecule has 1 aromatic heterocycles. The van der Waals surface area contributed by atoms with Crippen LogP contribution in [0.1, 0.15) is 10.6 Å². The van der Waals surface area contributed by atoms with E-state index in [0.717, 1.165) is 35.5 Å². The Morgan fingerprint density at radius 2 is 2.20 bits per heavy atom. The predicted molar refractivity (Wildman–Crippen MR) is 82.7 cm³/mol. The van der Waals surface area contributed by atoms with Crippen molar-refractivity contribution in [2.45, 2.75) is 13.0 Å². The predicted octanol–water partition coefficient (Wildman–Crippen LogP) is 3.01. The van der Waals surface area contributed by atoms with Crippen molar-refractivity contribution in [2.24, 2.45) is 0 Å². The van der Waals surface area contributed by atoms with Gasteiger partial charge in [-0.05, 0) is 33.6 Å². The molecule has 1 aromatic carbocycles. The second kappa shape index (κ2) is 6.56. The summed E-state index contributed by atoms with van der Waals surface area (Å²) in [5, 5.41) is 6.60. The van der Waals surface area contributed by atoms with Crippen molar-refractivity contribution in [3.8, 4) is 11.5 Å². The van der Waals surface area contributed by atoms with Gasteiger partial charge in [0.25, 0.3) is 0 Å². The Labute approximate surface area is 130 Å². The molecule has 1 aliphatic rings. The van der Waals surface area contributed by atoms with E-state index in [0.29, 0.717) is 13.2 Å². The van der Waals surface area contributed by atoms with E-state index in [-0.39, 0.29) is 0 Å². The van der Waals surface area contributed by atoms with E-state index in [1.807, 2.05) is 17.6 Å². The number of hydrogen-bond acceptors (Lipinski definition) is 5. The van der Waals surface area contributed by atoms with Crippen LogP contribution in [0, 0.1) is 0 Å². The Kier molecular flexibility index (Phi) is 4.54. The van der Waals surface area contributed by atoms with Crippen LogP contribution in [-0.4, -0.2) is 24.7 Å². The third kappa shape index (κ3) is 3.31. The van der Waals surface area contributed by atoms with Gasteiger partial charge >= 0.3 is 0 Å². The zero-order valence-electron chi connectivity index (χ0n) is 10.9. The molecule has 20 heavy (non-hydrogen) atoms. The molecule has 6 heteroatoms. The summed E-state index contributed by atoms with van der Waals surface area (Å²) < 4.78 is 12.2. The van der Waals surface area contributed by atoms with Crippen molar-refractivity contribution in [3.63, 3.8) is 0 Å². The molecule has 0 saturated heterocycles. The average Bonchev–Trinajstić information content (AvgIpc) is 2.97. The molecular formula is C14H15BrN2O2S. The van der Waals surface area contributed by atoms with Crippen LogP contribution in [0.5, 0.6) is 11.5 Å². The third-order valence-electron chi connectivity index (χ3n) is 2.98. The number of rotatable bonds is 5. The molecule has 0 atom stereocenters. The standard InChI is InChI=1S/C14H15BrN2O2S/c15-11-7-10(8-12-14(11)19-5-4-18-12)9-16-2-1-13-17-3-6-20-13/h3,6-8,16H,1-2,4-5,9H2. The second-order valence-electron chi connectivity index (χ2n) is 4.45. The summed E-state index contributed by atoms with van der Waals surface area (Å²) in [6, 6.07) is 4.11. The molecule has 1 aliphatic heterocycles. The molecule has 1 N–H and O–H groups in total. The Balaban J connectivity index is 1.56. The van der Waals surface area contributed by atoms with E-state index in [1.165, 1.54) is 10.6 Å². The average molecular weight is 355 g/mol. The summed E-state index contributed by atoms with van der Waals surface area (Å²) in [6.45, 7) is 2.94. The zero-order chi connectivity index (χ0) is 13.8. The highest BCUT2D eigenvalue weighted by Crippen LogP contribution is 2.38. The van der Waals surface area contributed by atoms with Gasteiger partial charge in [0.1, 0.15) is 13.2 Å². The highest BCUT2D eigenvalue weighted by Gasteiger charge is 2.16. The molecule has 2 aromatic rings. The lowest BCUT2D eigenvalue weighted by Gasteiger charge is -2.20. The van der Waals surface area contributed by atoms with E-state index in [4.69, 9.17) is 9.47 Å². The zero-order valence-corrected chi connectivity index (χ0v) is 13.3. The second-order valence-corrected chi connectivity index (χ2v) is 6.29. The van der Waals surface area contributed by atoms with Gasteiger partial charge in [0.05, 0.1) is 9.48 Å². The van der Waals surface area contributed by atoms with E-state index >= 15 is 0 Å². The normalized spacial score (nSPS) is 13.4. The number of nitrogens with one attached hydrogen (secondary N) is 1. The first-order valence-electron chi connectivity index (χ1n) is 6.50. The Morgan fingerprint density at radius 3 is 3.05 bits per heavy atom. The molecule has 0 amide bonds. The Morgan fingerprint density at radius 1 is 1.30 bits per heavy atom. The number of ether oxygens (including phenoxy) is 2. The van der Waals surface area contributed by atoms with Gasteiger partial charge in [0.2, 0.25) is 0 Å². The molecule has 0 aliphatic carbocycles. The molecule has 0 fully saturated rings. The lowest BCUT2D eigenvalue weighted by molar-refractivity contribution is 0.170. The SMILES string of the molecule is Brc1cc(CNCCc2nccs2)cc2c1OCCO2. The maximum atomic E-state index is 5.62. The van der Waals surface area contributed by atoms with Crippen molar-refractivity contribution >= 4 is 27.3 Å². The van der Waals surface area contributed by atoms with Gasteiger partial charge in [-0.15, -0.1) is 11.3 Å². The maximum Gasteiger partial charge on any atom is 0.175 e. The minimum absolute atomic E-state index is 0.608. The largest absolute Gasteiger partial charge is 0.486 e. The molecular weight excluding hydrogens is 340 g/mol. The van der Waals surface area contributed by atoms with Crippen molar-refractivity contribution in [1.29, 1.82) is 0 Å². The fraction of sp³-hybridized carbons (Fsp3) is 0.357. The summed E-state index contributed by atoms with van der Waals surface area (Å²) in [5.74, 6) is 1.63. The van der Waals surface area contributed by atoms with Gasteiger partial charge < -0.3 is 14.8 Å². The fourth-order valence-corrected chi connectivity index (χ4v) is 3.30. The van der Waals surface area contributed by atoms with Crippen LogP contribution in [0.25, 0.3) is 0 Å². The minimum Gasteiger partial charge on any atom is -0.486 e. The first-order valence-corrected chi connectivity index (χ1v) is 8.17. The number of benzene rings is 1. The smallest absolute Gasteiger partial charge is 0.175 e. The first-order chi connectivity index (χ1) is 9.83. The fourth-order valence-electron chi connectivity index (χ4n) is 2.07.